The molecule has 0 radical (unpaired) electrons. The average Bonchev–Trinajstić information content (AvgIpc) is 2.60. The zero-order valence-electron chi connectivity index (χ0n) is 9.06. The van der Waals surface area contributed by atoms with Crippen molar-refractivity contribution < 1.29 is 4.39 Å². The average molecular weight is 335 g/mol. The minimum atomic E-state index is -0.291. The zero-order valence-corrected chi connectivity index (χ0v) is 12.2. The first-order valence-electron chi connectivity index (χ1n) is 5.00. The van der Waals surface area contributed by atoms with Crippen molar-refractivity contribution in [3.63, 3.8) is 0 Å². The van der Waals surface area contributed by atoms with Crippen molar-refractivity contribution in [1.29, 1.82) is 0 Å². The lowest BCUT2D eigenvalue weighted by Gasteiger charge is -2.06. The van der Waals surface area contributed by atoms with Gasteiger partial charge < -0.3 is 5.32 Å². The minimum Gasteiger partial charge on any atom is -0.379 e. The van der Waals surface area contributed by atoms with Crippen LogP contribution in [0.1, 0.15) is 9.75 Å². The summed E-state index contributed by atoms with van der Waals surface area (Å²) in [7, 11) is 0. The molecule has 5 heteroatoms. The van der Waals surface area contributed by atoms with Gasteiger partial charge in [-0.15, -0.1) is 11.3 Å². The third kappa shape index (κ3) is 3.21. The van der Waals surface area contributed by atoms with Crippen LogP contribution in [-0.2, 0) is 6.54 Å². The summed E-state index contributed by atoms with van der Waals surface area (Å²) in [6, 6.07) is 6.35. The van der Waals surface area contributed by atoms with Gasteiger partial charge >= 0.3 is 0 Å². The van der Waals surface area contributed by atoms with Crippen molar-refractivity contribution >= 4 is 44.6 Å². The molecule has 1 heterocycles. The summed E-state index contributed by atoms with van der Waals surface area (Å²) in [5.41, 5.74) is 0.619. The Morgan fingerprint density at radius 1 is 1.41 bits per heavy atom. The summed E-state index contributed by atoms with van der Waals surface area (Å²) in [5, 5.41) is 3.65. The van der Waals surface area contributed by atoms with E-state index in [9.17, 15) is 4.39 Å². The smallest absolute Gasteiger partial charge is 0.125 e. The van der Waals surface area contributed by atoms with E-state index in [1.165, 1.54) is 21.9 Å². The topological polar surface area (TPSA) is 12.0 Å². The highest BCUT2D eigenvalue weighted by molar-refractivity contribution is 9.10. The van der Waals surface area contributed by atoms with Crippen LogP contribution in [0.5, 0.6) is 0 Å². The second kappa shape index (κ2) is 5.38. The molecule has 0 aliphatic rings. The molecule has 17 heavy (non-hydrogen) atoms. The number of hydrogen-bond acceptors (Lipinski definition) is 2. The molecule has 0 spiro atoms. The van der Waals surface area contributed by atoms with Gasteiger partial charge in [0.25, 0.3) is 0 Å². The first kappa shape index (κ1) is 12.9. The second-order valence-electron chi connectivity index (χ2n) is 3.59. The Bertz CT molecular complexity index is 522. The summed E-state index contributed by atoms with van der Waals surface area (Å²) < 4.78 is 14.1. The highest BCUT2D eigenvalue weighted by atomic mass is 79.9. The molecule has 0 saturated carbocycles. The summed E-state index contributed by atoms with van der Waals surface area (Å²) in [5.74, 6) is -0.291. The Kier molecular flexibility index (Phi) is 4.07. The fraction of sp³-hybridized carbons (Fsp3) is 0.167. The SMILES string of the molecule is Cc1sc(CNc2cc(F)ccc2Cl)cc1Br. The van der Waals surface area contributed by atoms with E-state index in [4.69, 9.17) is 11.6 Å². The van der Waals surface area contributed by atoms with Crippen molar-refractivity contribution in [3.05, 3.63) is 49.3 Å². The van der Waals surface area contributed by atoms with Crippen LogP contribution in [0, 0.1) is 12.7 Å². The van der Waals surface area contributed by atoms with E-state index in [2.05, 4.69) is 27.3 Å². The van der Waals surface area contributed by atoms with Crippen LogP contribution in [0.25, 0.3) is 0 Å². The van der Waals surface area contributed by atoms with Crippen LogP contribution in [0.3, 0.4) is 0 Å². The van der Waals surface area contributed by atoms with Gasteiger partial charge in [0.05, 0.1) is 10.7 Å². The number of hydrogen-bond donors (Lipinski definition) is 1. The first-order chi connectivity index (χ1) is 8.06. The van der Waals surface area contributed by atoms with Crippen LogP contribution in [0.15, 0.2) is 28.7 Å². The number of aryl methyl sites for hydroxylation is 1. The number of benzene rings is 1. The van der Waals surface area contributed by atoms with Gasteiger partial charge in [0, 0.05) is 20.8 Å². The summed E-state index contributed by atoms with van der Waals surface area (Å²) >= 11 is 11.1. The number of halogens is 3. The molecule has 1 nitrogen and oxygen atoms in total. The Balaban J connectivity index is 2.09. The maximum absolute atomic E-state index is 13.0. The van der Waals surface area contributed by atoms with Gasteiger partial charge in [-0.3, -0.25) is 0 Å². The molecule has 0 amide bonds. The molecule has 2 aromatic rings. The standard InChI is InChI=1S/C12H10BrClFNS/c1-7-10(13)5-9(17-7)6-16-12-4-8(15)2-3-11(12)14/h2-5,16H,6H2,1H3. The van der Waals surface area contributed by atoms with Crippen molar-refractivity contribution in [2.24, 2.45) is 0 Å². The fourth-order valence-corrected chi connectivity index (χ4v) is 3.15. The molecule has 0 aliphatic heterocycles. The van der Waals surface area contributed by atoms with Crippen molar-refractivity contribution in [3.8, 4) is 0 Å². The molecular weight excluding hydrogens is 325 g/mol. The summed E-state index contributed by atoms with van der Waals surface area (Å²) in [4.78, 5) is 2.40. The molecule has 90 valence electrons. The molecule has 0 saturated heterocycles. The van der Waals surface area contributed by atoms with Gasteiger partial charge in [0.2, 0.25) is 0 Å². The predicted molar refractivity (Wildman–Crippen MR) is 75.5 cm³/mol. The lowest BCUT2D eigenvalue weighted by molar-refractivity contribution is 0.628. The van der Waals surface area contributed by atoms with Crippen LogP contribution in [0.4, 0.5) is 10.1 Å². The normalized spacial score (nSPS) is 10.6. The number of thiophene rings is 1. The van der Waals surface area contributed by atoms with Gasteiger partial charge in [-0.05, 0) is 47.1 Å². The molecule has 0 atom stereocenters. The molecular formula is C12H10BrClFNS. The highest BCUT2D eigenvalue weighted by Crippen LogP contribution is 2.28. The molecule has 1 N–H and O–H groups in total. The summed E-state index contributed by atoms with van der Waals surface area (Å²) in [6.07, 6.45) is 0. The van der Waals surface area contributed by atoms with E-state index in [0.29, 0.717) is 17.3 Å². The van der Waals surface area contributed by atoms with Crippen LogP contribution >= 0.6 is 38.9 Å². The minimum absolute atomic E-state index is 0.291. The van der Waals surface area contributed by atoms with E-state index in [0.717, 1.165) is 4.47 Å². The van der Waals surface area contributed by atoms with Gasteiger partial charge in [0.15, 0.2) is 0 Å². The lowest BCUT2D eigenvalue weighted by atomic mass is 10.3. The molecule has 0 bridgehead atoms. The molecule has 0 fully saturated rings. The Morgan fingerprint density at radius 3 is 2.82 bits per heavy atom. The summed E-state index contributed by atoms with van der Waals surface area (Å²) in [6.45, 7) is 2.69. The molecule has 1 aromatic heterocycles. The monoisotopic (exact) mass is 333 g/mol. The maximum Gasteiger partial charge on any atom is 0.125 e. The van der Waals surface area contributed by atoms with E-state index in [1.807, 2.05) is 6.92 Å². The maximum atomic E-state index is 13.0. The van der Waals surface area contributed by atoms with Gasteiger partial charge in [0.1, 0.15) is 5.82 Å². The Hall–Kier alpha value is -0.580. The van der Waals surface area contributed by atoms with Crippen LogP contribution < -0.4 is 5.32 Å². The van der Waals surface area contributed by atoms with E-state index < -0.39 is 0 Å². The highest BCUT2D eigenvalue weighted by Gasteiger charge is 2.05. The largest absolute Gasteiger partial charge is 0.379 e. The molecule has 0 aliphatic carbocycles. The quantitative estimate of drug-likeness (QED) is 0.811. The van der Waals surface area contributed by atoms with Crippen molar-refractivity contribution in [2.75, 3.05) is 5.32 Å². The van der Waals surface area contributed by atoms with Gasteiger partial charge in [-0.25, -0.2) is 4.39 Å². The lowest BCUT2D eigenvalue weighted by Crippen LogP contribution is -1.98. The van der Waals surface area contributed by atoms with Crippen LogP contribution in [-0.4, -0.2) is 0 Å². The zero-order chi connectivity index (χ0) is 12.4. The van der Waals surface area contributed by atoms with Crippen molar-refractivity contribution in [2.45, 2.75) is 13.5 Å². The third-order valence-corrected chi connectivity index (χ3v) is 4.76. The van der Waals surface area contributed by atoms with Crippen molar-refractivity contribution in [1.82, 2.24) is 0 Å². The van der Waals surface area contributed by atoms with E-state index in [-0.39, 0.29) is 5.82 Å². The van der Waals surface area contributed by atoms with Gasteiger partial charge in [-0.1, -0.05) is 11.6 Å². The molecule has 1 aromatic carbocycles. The fourth-order valence-electron chi connectivity index (χ4n) is 1.42. The third-order valence-electron chi connectivity index (χ3n) is 2.29. The molecule has 2 rings (SSSR count). The Morgan fingerprint density at radius 2 is 2.18 bits per heavy atom. The second-order valence-corrected chi connectivity index (χ2v) is 6.20. The number of anilines is 1. The Labute approximate surface area is 117 Å². The van der Waals surface area contributed by atoms with E-state index in [1.54, 1.807) is 17.4 Å². The predicted octanol–water partition coefficient (Wildman–Crippen LogP) is 5.22. The first-order valence-corrected chi connectivity index (χ1v) is 6.99. The molecule has 0 unspecified atom stereocenters. The van der Waals surface area contributed by atoms with Gasteiger partial charge in [-0.2, -0.15) is 0 Å². The van der Waals surface area contributed by atoms with E-state index >= 15 is 0 Å². The number of rotatable bonds is 3. The van der Waals surface area contributed by atoms with Crippen LogP contribution in [0.2, 0.25) is 5.02 Å². The number of nitrogens with one attached hydrogen (secondary N) is 1.